The van der Waals surface area contributed by atoms with Crippen molar-refractivity contribution in [2.75, 3.05) is 47.7 Å². The highest BCUT2D eigenvalue weighted by Crippen LogP contribution is 2.38. The van der Waals surface area contributed by atoms with Crippen LogP contribution in [0.3, 0.4) is 0 Å². The van der Waals surface area contributed by atoms with Crippen LogP contribution < -0.4 is 31.7 Å². The molecule has 0 atom stereocenters. The average Bonchev–Trinajstić information content (AvgIpc) is 3.62. The summed E-state index contributed by atoms with van der Waals surface area (Å²) in [6.07, 6.45) is 2.49. The Morgan fingerprint density at radius 2 is 1.95 bits per heavy atom. The normalized spacial score (nSPS) is 12.6. The fourth-order valence-electron chi connectivity index (χ4n) is 5.10. The highest BCUT2D eigenvalue weighted by atomic mass is 32.1. The molecule has 0 saturated heterocycles. The highest BCUT2D eigenvalue weighted by Gasteiger charge is 2.31. The number of para-hydroxylation sites is 1. The number of nitrogens with zero attached hydrogens (tertiary/aromatic N) is 2. The fourth-order valence-corrected chi connectivity index (χ4v) is 5.87. The number of pyridine rings is 1. The molecule has 3 N–H and O–H groups in total. The van der Waals surface area contributed by atoms with Crippen LogP contribution in [0.25, 0.3) is 10.9 Å². The lowest BCUT2D eigenvalue weighted by molar-refractivity contribution is 0.103. The van der Waals surface area contributed by atoms with Gasteiger partial charge in [0, 0.05) is 49.7 Å². The summed E-state index contributed by atoms with van der Waals surface area (Å²) in [6, 6.07) is 17.5. The second-order valence-electron chi connectivity index (χ2n) is 9.50. The van der Waals surface area contributed by atoms with Crippen molar-refractivity contribution in [3.8, 4) is 0 Å². The Balaban J connectivity index is 1.15. The molecule has 6 rings (SSSR count). The van der Waals surface area contributed by atoms with Gasteiger partial charge in [0.15, 0.2) is 0 Å². The van der Waals surface area contributed by atoms with Gasteiger partial charge in [-0.15, -0.1) is 11.3 Å². The maximum absolute atomic E-state index is 13.2. The molecule has 2 aromatic heterocycles. The molecule has 1 aliphatic heterocycles. The molecule has 3 aromatic carbocycles. The van der Waals surface area contributed by atoms with Crippen LogP contribution >= 0.6 is 11.3 Å². The first-order valence-electron chi connectivity index (χ1n) is 13.0. The first-order valence-corrected chi connectivity index (χ1v) is 13.8. The number of fused-ring (bicyclic) bond motifs is 2. The lowest BCUT2D eigenvalue weighted by Gasteiger charge is -2.24. The van der Waals surface area contributed by atoms with E-state index >= 15 is 0 Å². The van der Waals surface area contributed by atoms with Gasteiger partial charge in [-0.05, 0) is 59.3 Å². The van der Waals surface area contributed by atoms with Crippen molar-refractivity contribution in [2.45, 2.75) is 13.0 Å². The van der Waals surface area contributed by atoms with E-state index in [2.05, 4.69) is 20.9 Å². The van der Waals surface area contributed by atoms with Gasteiger partial charge in [-0.2, -0.15) is 0 Å². The van der Waals surface area contributed by atoms with Crippen LogP contribution in [0.5, 0.6) is 0 Å². The second kappa shape index (κ2) is 10.9. The van der Waals surface area contributed by atoms with Crippen molar-refractivity contribution < 1.29 is 9.53 Å². The Bertz CT molecular complexity index is 1780. The quantitative estimate of drug-likeness (QED) is 0.171. The van der Waals surface area contributed by atoms with Gasteiger partial charge in [-0.25, -0.2) is 0 Å². The van der Waals surface area contributed by atoms with Crippen LogP contribution in [0, 0.1) is 0 Å². The summed E-state index contributed by atoms with van der Waals surface area (Å²) in [5.41, 5.74) is 5.10. The number of methoxy groups -OCH3 is 1. The van der Waals surface area contributed by atoms with E-state index in [0.29, 0.717) is 54.6 Å². The Labute approximate surface area is 234 Å². The first kappa shape index (κ1) is 25.7. The van der Waals surface area contributed by atoms with E-state index < -0.39 is 10.9 Å². The maximum Gasteiger partial charge on any atom is 0.267 e. The lowest BCUT2D eigenvalue weighted by Crippen LogP contribution is -2.40. The average molecular weight is 554 g/mol. The van der Waals surface area contributed by atoms with Crippen LogP contribution in [-0.2, 0) is 17.7 Å². The summed E-state index contributed by atoms with van der Waals surface area (Å²) in [7, 11) is 1.58. The number of ether oxygens (including phenoxy) is 1. The number of amides is 1. The first-order chi connectivity index (χ1) is 19.5. The third-order valence-corrected chi connectivity index (χ3v) is 7.99. The minimum Gasteiger partial charge on any atom is -0.383 e. The van der Waals surface area contributed by atoms with Gasteiger partial charge in [0.1, 0.15) is 16.3 Å². The number of benzene rings is 2. The van der Waals surface area contributed by atoms with E-state index in [-0.39, 0.29) is 5.91 Å². The van der Waals surface area contributed by atoms with Crippen LogP contribution in [0.4, 0.5) is 28.4 Å². The van der Waals surface area contributed by atoms with Crippen LogP contribution in [0.2, 0.25) is 0 Å². The number of carbonyl (C=O) groups excluding carboxylic acids is 1. The predicted molar refractivity (Wildman–Crippen MR) is 160 cm³/mol. The minimum atomic E-state index is -0.499. The molecule has 0 fully saturated rings. The zero-order valence-corrected chi connectivity index (χ0v) is 22.6. The van der Waals surface area contributed by atoms with Gasteiger partial charge >= 0.3 is 0 Å². The molecule has 3 heterocycles. The summed E-state index contributed by atoms with van der Waals surface area (Å²) in [5, 5.41) is 12.4. The second-order valence-corrected chi connectivity index (χ2v) is 10.4. The van der Waals surface area contributed by atoms with Crippen molar-refractivity contribution in [3.63, 3.8) is 0 Å². The molecular formula is C30H27N5O4S. The minimum absolute atomic E-state index is 0.195. The van der Waals surface area contributed by atoms with Gasteiger partial charge in [-0.3, -0.25) is 19.4 Å². The molecule has 5 aromatic rings. The number of anilines is 5. The topological polar surface area (TPSA) is 113 Å². The number of rotatable bonds is 10. The van der Waals surface area contributed by atoms with Crippen LogP contribution in [0.15, 0.2) is 75.8 Å². The van der Waals surface area contributed by atoms with E-state index in [0.717, 1.165) is 33.4 Å². The molecule has 0 bridgehead atoms. The molecule has 0 unspecified atom stereocenters. The zero-order valence-electron chi connectivity index (χ0n) is 21.8. The number of hydrogen-bond acceptors (Lipinski definition) is 9. The number of thiophene rings is 1. The molecule has 0 saturated carbocycles. The number of nitrogens with one attached hydrogen (secondary N) is 3. The standard InChI is InChI=1S/C30H27N5O4S/c1-39-14-12-32-25-26(28(37)27(25)36)35-13-9-18-16-20(6-7-24(18)35)34-30(38)29-23(10-15-40-29)33-17-19-8-11-31-22-5-3-2-4-21(19)22/h2-8,10-11,15-16,32-33H,9,12-14,17H2,1H3,(H,34,38). The van der Waals surface area contributed by atoms with Crippen molar-refractivity contribution in [3.05, 3.63) is 103 Å². The van der Waals surface area contributed by atoms with Crippen LogP contribution in [-0.4, -0.2) is 37.7 Å². The third-order valence-electron chi connectivity index (χ3n) is 7.08. The zero-order chi connectivity index (χ0) is 27.6. The van der Waals surface area contributed by atoms with E-state index in [1.807, 2.05) is 64.9 Å². The summed E-state index contributed by atoms with van der Waals surface area (Å²) >= 11 is 1.38. The van der Waals surface area contributed by atoms with Gasteiger partial charge in [0.2, 0.25) is 0 Å². The molecule has 9 nitrogen and oxygen atoms in total. The Morgan fingerprint density at radius 3 is 2.83 bits per heavy atom. The third kappa shape index (κ3) is 4.72. The Hall–Kier alpha value is -4.54. The molecule has 1 aliphatic rings. The Morgan fingerprint density at radius 1 is 1.07 bits per heavy atom. The maximum atomic E-state index is 13.2. The Kier molecular flexibility index (Phi) is 7.02. The van der Waals surface area contributed by atoms with Crippen molar-refractivity contribution in [2.24, 2.45) is 0 Å². The lowest BCUT2D eigenvalue weighted by atomic mass is 10.1. The molecule has 0 radical (unpaired) electrons. The van der Waals surface area contributed by atoms with Crippen molar-refractivity contribution >= 4 is 56.6 Å². The molecule has 0 spiro atoms. The van der Waals surface area contributed by atoms with E-state index in [1.165, 1.54) is 11.3 Å². The number of hydrogen-bond donors (Lipinski definition) is 3. The molecule has 10 heteroatoms. The smallest absolute Gasteiger partial charge is 0.267 e. The van der Waals surface area contributed by atoms with Gasteiger partial charge in [-0.1, -0.05) is 18.2 Å². The summed E-state index contributed by atoms with van der Waals surface area (Å²) in [5.74, 6) is -0.195. The number of carbonyl (C=O) groups is 1. The number of aromatic nitrogens is 1. The summed E-state index contributed by atoms with van der Waals surface area (Å²) in [6.45, 7) is 2.02. The van der Waals surface area contributed by atoms with E-state index in [4.69, 9.17) is 4.74 Å². The molecule has 0 aliphatic carbocycles. The molecule has 40 heavy (non-hydrogen) atoms. The van der Waals surface area contributed by atoms with Gasteiger partial charge in [0.25, 0.3) is 16.8 Å². The summed E-state index contributed by atoms with van der Waals surface area (Å²) in [4.78, 5) is 44.7. The largest absolute Gasteiger partial charge is 0.383 e. The van der Waals surface area contributed by atoms with Crippen LogP contribution in [0.1, 0.15) is 20.8 Å². The SMILES string of the molecule is COCCNc1c(N2CCc3cc(NC(=O)c4sccc4NCc4ccnc5ccccc45)ccc32)c(=O)c1=O. The fraction of sp³-hybridized carbons (Fsp3) is 0.200. The summed E-state index contributed by atoms with van der Waals surface area (Å²) < 4.78 is 5.03. The molecule has 202 valence electrons. The predicted octanol–water partition coefficient (Wildman–Crippen LogP) is 4.51. The monoisotopic (exact) mass is 553 g/mol. The van der Waals surface area contributed by atoms with E-state index in [9.17, 15) is 14.4 Å². The van der Waals surface area contributed by atoms with E-state index in [1.54, 1.807) is 13.3 Å². The van der Waals surface area contributed by atoms with Crippen molar-refractivity contribution in [1.82, 2.24) is 4.98 Å². The van der Waals surface area contributed by atoms with Gasteiger partial charge in [0.05, 0.1) is 17.8 Å². The highest BCUT2D eigenvalue weighted by molar-refractivity contribution is 7.12. The molecule has 1 amide bonds. The van der Waals surface area contributed by atoms with Crippen molar-refractivity contribution in [1.29, 1.82) is 0 Å². The molecular weight excluding hydrogens is 526 g/mol. The van der Waals surface area contributed by atoms with Gasteiger partial charge < -0.3 is 25.6 Å².